The van der Waals surface area contributed by atoms with Gasteiger partial charge in [0.15, 0.2) is 0 Å². The van der Waals surface area contributed by atoms with Gasteiger partial charge in [-0.25, -0.2) is 0 Å². The maximum absolute atomic E-state index is 10.4. The van der Waals surface area contributed by atoms with Crippen molar-refractivity contribution in [2.45, 2.75) is 6.04 Å². The van der Waals surface area contributed by atoms with Gasteiger partial charge >= 0.3 is 5.97 Å². The highest BCUT2D eigenvalue weighted by molar-refractivity contribution is 7.99. The van der Waals surface area contributed by atoms with Crippen molar-refractivity contribution in [1.29, 1.82) is 0 Å². The van der Waals surface area contributed by atoms with Crippen LogP contribution in [0, 0.1) is 0 Å². The van der Waals surface area contributed by atoms with E-state index in [-0.39, 0.29) is 0 Å². The molecular weight excluding hydrogens is 226 g/mol. The summed E-state index contributed by atoms with van der Waals surface area (Å²) in [6.07, 6.45) is 0. The maximum Gasteiger partial charge on any atom is 0.321 e. The van der Waals surface area contributed by atoms with Crippen molar-refractivity contribution >= 4 is 17.7 Å². The molecule has 0 bridgehead atoms. The van der Waals surface area contributed by atoms with Crippen molar-refractivity contribution in [2.75, 3.05) is 18.1 Å². The summed E-state index contributed by atoms with van der Waals surface area (Å²) >= 11 is 1.48. The Morgan fingerprint density at radius 1 is 1.44 bits per heavy atom. The quantitative estimate of drug-likeness (QED) is 0.702. The molecule has 0 aromatic heterocycles. The SMILES string of the molecule is N[C@H](CSCCOc1ccccc1)C(=O)O. The van der Waals surface area contributed by atoms with Crippen molar-refractivity contribution in [2.24, 2.45) is 5.73 Å². The first-order chi connectivity index (χ1) is 7.70. The Kier molecular flexibility index (Phi) is 5.74. The van der Waals surface area contributed by atoms with Crippen LogP contribution >= 0.6 is 11.8 Å². The Bertz CT molecular complexity index is 318. The molecule has 0 saturated heterocycles. The van der Waals surface area contributed by atoms with E-state index in [1.807, 2.05) is 30.3 Å². The van der Waals surface area contributed by atoms with Gasteiger partial charge in [0.1, 0.15) is 11.8 Å². The number of rotatable bonds is 7. The molecule has 0 aliphatic carbocycles. The summed E-state index contributed by atoms with van der Waals surface area (Å²) in [6.45, 7) is 0.557. The zero-order valence-corrected chi connectivity index (χ0v) is 9.65. The normalized spacial score (nSPS) is 12.1. The van der Waals surface area contributed by atoms with Gasteiger partial charge in [-0.05, 0) is 12.1 Å². The number of para-hydroxylation sites is 1. The highest BCUT2D eigenvalue weighted by Gasteiger charge is 2.10. The molecule has 0 aliphatic rings. The summed E-state index contributed by atoms with van der Waals surface area (Å²) < 4.78 is 5.44. The lowest BCUT2D eigenvalue weighted by Crippen LogP contribution is -2.32. The summed E-state index contributed by atoms with van der Waals surface area (Å²) in [6, 6.07) is 8.71. The Labute approximate surface area is 98.8 Å². The summed E-state index contributed by atoms with van der Waals surface area (Å²) in [5.74, 6) is 1.01. The van der Waals surface area contributed by atoms with Crippen LogP contribution in [-0.2, 0) is 4.79 Å². The monoisotopic (exact) mass is 241 g/mol. The van der Waals surface area contributed by atoms with Crippen molar-refractivity contribution in [1.82, 2.24) is 0 Å². The van der Waals surface area contributed by atoms with Gasteiger partial charge in [0, 0.05) is 11.5 Å². The van der Waals surface area contributed by atoms with Crippen LogP contribution in [0.15, 0.2) is 30.3 Å². The minimum Gasteiger partial charge on any atom is -0.493 e. The van der Waals surface area contributed by atoms with E-state index in [4.69, 9.17) is 15.6 Å². The molecule has 0 heterocycles. The Morgan fingerprint density at radius 3 is 2.75 bits per heavy atom. The zero-order chi connectivity index (χ0) is 11.8. The first-order valence-corrected chi connectivity index (χ1v) is 6.09. The lowest BCUT2D eigenvalue weighted by atomic mass is 10.3. The number of hydrogen-bond donors (Lipinski definition) is 2. The topological polar surface area (TPSA) is 72.5 Å². The van der Waals surface area contributed by atoms with Crippen LogP contribution in [0.4, 0.5) is 0 Å². The zero-order valence-electron chi connectivity index (χ0n) is 8.83. The third-order valence-electron chi connectivity index (χ3n) is 1.85. The summed E-state index contributed by atoms with van der Waals surface area (Å²) in [4.78, 5) is 10.4. The van der Waals surface area contributed by atoms with Gasteiger partial charge in [0.2, 0.25) is 0 Å². The molecule has 0 aliphatic heterocycles. The Morgan fingerprint density at radius 2 is 2.12 bits per heavy atom. The lowest BCUT2D eigenvalue weighted by Gasteiger charge is -2.07. The van der Waals surface area contributed by atoms with Gasteiger partial charge in [0.25, 0.3) is 0 Å². The molecule has 4 nitrogen and oxygen atoms in total. The van der Waals surface area contributed by atoms with Crippen molar-refractivity contribution < 1.29 is 14.6 Å². The van der Waals surface area contributed by atoms with Crippen LogP contribution in [0.1, 0.15) is 0 Å². The van der Waals surface area contributed by atoms with Gasteiger partial charge in [0.05, 0.1) is 6.61 Å². The first kappa shape index (κ1) is 12.9. The molecule has 5 heteroatoms. The third kappa shape index (κ3) is 5.04. The van der Waals surface area contributed by atoms with Crippen molar-refractivity contribution in [3.05, 3.63) is 30.3 Å². The number of carboxylic acids is 1. The minimum absolute atomic E-state index is 0.410. The highest BCUT2D eigenvalue weighted by atomic mass is 32.2. The molecule has 0 amide bonds. The third-order valence-corrected chi connectivity index (χ3v) is 2.90. The Balaban J connectivity index is 2.07. The molecule has 1 aromatic carbocycles. The number of hydrogen-bond acceptors (Lipinski definition) is 4. The van der Waals surface area contributed by atoms with Crippen molar-refractivity contribution in [3.63, 3.8) is 0 Å². The number of benzene rings is 1. The molecular formula is C11H15NO3S. The van der Waals surface area contributed by atoms with E-state index in [9.17, 15) is 4.79 Å². The van der Waals surface area contributed by atoms with Crippen molar-refractivity contribution in [3.8, 4) is 5.75 Å². The van der Waals surface area contributed by atoms with E-state index >= 15 is 0 Å². The molecule has 0 spiro atoms. The molecule has 1 atom stereocenters. The smallest absolute Gasteiger partial charge is 0.321 e. The number of carbonyl (C=O) groups is 1. The molecule has 1 rings (SSSR count). The molecule has 0 radical (unpaired) electrons. The van der Waals surface area contributed by atoms with Gasteiger partial charge < -0.3 is 15.6 Å². The molecule has 16 heavy (non-hydrogen) atoms. The molecule has 88 valence electrons. The van der Waals surface area contributed by atoms with Gasteiger partial charge in [-0.15, -0.1) is 0 Å². The second-order valence-electron chi connectivity index (χ2n) is 3.18. The van der Waals surface area contributed by atoms with Crippen LogP contribution in [-0.4, -0.2) is 35.2 Å². The van der Waals surface area contributed by atoms with Crippen LogP contribution in [0.3, 0.4) is 0 Å². The van der Waals surface area contributed by atoms with Gasteiger partial charge in [-0.3, -0.25) is 4.79 Å². The maximum atomic E-state index is 10.4. The number of aliphatic carboxylic acids is 1. The van der Waals surface area contributed by atoms with Crippen LogP contribution in [0.25, 0.3) is 0 Å². The van der Waals surface area contributed by atoms with Crippen LogP contribution < -0.4 is 10.5 Å². The number of nitrogens with two attached hydrogens (primary N) is 1. The van der Waals surface area contributed by atoms with E-state index < -0.39 is 12.0 Å². The van der Waals surface area contributed by atoms with E-state index in [0.717, 1.165) is 11.5 Å². The fraction of sp³-hybridized carbons (Fsp3) is 0.364. The number of ether oxygens (including phenoxy) is 1. The molecule has 0 unspecified atom stereocenters. The second kappa shape index (κ2) is 7.14. The van der Waals surface area contributed by atoms with Crippen LogP contribution in [0.5, 0.6) is 5.75 Å². The fourth-order valence-electron chi connectivity index (χ4n) is 1.02. The fourth-order valence-corrected chi connectivity index (χ4v) is 1.78. The highest BCUT2D eigenvalue weighted by Crippen LogP contribution is 2.09. The predicted molar refractivity (Wildman–Crippen MR) is 64.9 cm³/mol. The van der Waals surface area contributed by atoms with E-state index in [1.165, 1.54) is 11.8 Å². The van der Waals surface area contributed by atoms with Gasteiger partial charge in [-0.2, -0.15) is 11.8 Å². The summed E-state index contributed by atoms with van der Waals surface area (Å²) in [5, 5.41) is 8.55. The average molecular weight is 241 g/mol. The van der Waals surface area contributed by atoms with Crippen LogP contribution in [0.2, 0.25) is 0 Å². The molecule has 3 N–H and O–H groups in total. The largest absolute Gasteiger partial charge is 0.493 e. The minimum atomic E-state index is -0.962. The van der Waals surface area contributed by atoms with E-state index in [0.29, 0.717) is 12.4 Å². The molecule has 0 saturated carbocycles. The second-order valence-corrected chi connectivity index (χ2v) is 4.33. The van der Waals surface area contributed by atoms with E-state index in [1.54, 1.807) is 0 Å². The molecule has 1 aromatic rings. The first-order valence-electron chi connectivity index (χ1n) is 4.94. The summed E-state index contributed by atoms with van der Waals surface area (Å²) in [7, 11) is 0. The summed E-state index contributed by atoms with van der Waals surface area (Å²) in [5.41, 5.74) is 5.35. The molecule has 0 fully saturated rings. The average Bonchev–Trinajstić information content (AvgIpc) is 2.29. The van der Waals surface area contributed by atoms with Gasteiger partial charge in [-0.1, -0.05) is 18.2 Å². The lowest BCUT2D eigenvalue weighted by molar-refractivity contribution is -0.137. The number of carboxylic acid groups (broad SMARTS) is 1. The predicted octanol–water partition coefficient (Wildman–Crippen LogP) is 1.21. The Hall–Kier alpha value is -1.20. The number of thioether (sulfide) groups is 1. The van der Waals surface area contributed by atoms with E-state index in [2.05, 4.69) is 0 Å². The standard InChI is InChI=1S/C11H15NO3S/c12-10(11(13)14)8-16-7-6-15-9-4-2-1-3-5-9/h1-5,10H,6-8,12H2,(H,13,14)/t10-/m1/s1.